The Morgan fingerprint density at radius 2 is 1.63 bits per heavy atom. The van der Waals surface area contributed by atoms with E-state index in [2.05, 4.69) is 10.6 Å². The Bertz CT molecular complexity index is 728. The van der Waals surface area contributed by atoms with Crippen LogP contribution in [0.25, 0.3) is 0 Å². The van der Waals surface area contributed by atoms with Gasteiger partial charge in [0.1, 0.15) is 5.75 Å². The van der Waals surface area contributed by atoms with Crippen molar-refractivity contribution in [2.45, 2.75) is 26.8 Å². The average Bonchev–Trinajstić information content (AvgIpc) is 2.68. The molecule has 0 fully saturated rings. The molecule has 0 aliphatic heterocycles. The molecule has 1 unspecified atom stereocenters. The van der Waals surface area contributed by atoms with E-state index in [1.807, 2.05) is 75.4 Å². The second kappa shape index (κ2) is 10.2. The van der Waals surface area contributed by atoms with Crippen LogP contribution in [0.1, 0.15) is 32.4 Å². The summed E-state index contributed by atoms with van der Waals surface area (Å²) in [5, 5.41) is 5.77. The fourth-order valence-electron chi connectivity index (χ4n) is 2.60. The van der Waals surface area contributed by atoms with E-state index in [-0.39, 0.29) is 24.6 Å². The smallest absolute Gasteiger partial charge is 0.321 e. The predicted octanol–water partition coefficient (Wildman–Crippen LogP) is 3.82. The monoisotopic (exact) mass is 369 g/mol. The highest BCUT2D eigenvalue weighted by atomic mass is 16.5. The minimum Gasteiger partial charge on any atom is -0.484 e. The van der Waals surface area contributed by atoms with Crippen LogP contribution in [0.5, 0.6) is 5.75 Å². The van der Waals surface area contributed by atoms with Gasteiger partial charge in [0.2, 0.25) is 0 Å². The van der Waals surface area contributed by atoms with Crippen LogP contribution in [0.3, 0.4) is 0 Å². The largest absolute Gasteiger partial charge is 0.484 e. The second-order valence-electron chi connectivity index (χ2n) is 6.12. The summed E-state index contributed by atoms with van der Waals surface area (Å²) in [7, 11) is 0. The first-order valence-corrected chi connectivity index (χ1v) is 9.16. The molecule has 144 valence electrons. The van der Waals surface area contributed by atoms with Crippen LogP contribution in [0.2, 0.25) is 0 Å². The quantitative estimate of drug-likeness (QED) is 0.743. The lowest BCUT2D eigenvalue weighted by Gasteiger charge is -2.19. The highest BCUT2D eigenvalue weighted by molar-refractivity contribution is 5.89. The highest BCUT2D eigenvalue weighted by Gasteiger charge is 2.12. The van der Waals surface area contributed by atoms with E-state index in [1.54, 1.807) is 4.90 Å². The molecule has 0 aliphatic rings. The molecule has 1 atom stereocenters. The SMILES string of the molecule is CCN(CC)C(=O)Nc1ccc(C(C)NC(=O)COc2ccccc2)cc1. The molecule has 0 spiro atoms. The first-order valence-electron chi connectivity index (χ1n) is 9.16. The van der Waals surface area contributed by atoms with Crippen molar-refractivity contribution in [2.75, 3.05) is 25.0 Å². The number of ether oxygens (including phenoxy) is 1. The zero-order valence-electron chi connectivity index (χ0n) is 16.1. The maximum absolute atomic E-state index is 12.1. The summed E-state index contributed by atoms with van der Waals surface area (Å²) in [5.41, 5.74) is 1.67. The van der Waals surface area contributed by atoms with Gasteiger partial charge in [0, 0.05) is 18.8 Å². The minimum absolute atomic E-state index is 0.0354. The summed E-state index contributed by atoms with van der Waals surface area (Å²) in [6.07, 6.45) is 0. The Kier molecular flexibility index (Phi) is 7.67. The number of anilines is 1. The topological polar surface area (TPSA) is 70.7 Å². The van der Waals surface area contributed by atoms with Crippen molar-refractivity contribution in [1.29, 1.82) is 0 Å². The third-order valence-electron chi connectivity index (χ3n) is 4.20. The van der Waals surface area contributed by atoms with E-state index in [0.717, 1.165) is 11.3 Å². The highest BCUT2D eigenvalue weighted by Crippen LogP contribution is 2.16. The molecule has 0 saturated carbocycles. The van der Waals surface area contributed by atoms with Crippen molar-refractivity contribution < 1.29 is 14.3 Å². The number of benzene rings is 2. The molecule has 2 N–H and O–H groups in total. The molecular weight excluding hydrogens is 342 g/mol. The van der Waals surface area contributed by atoms with Gasteiger partial charge < -0.3 is 20.3 Å². The molecule has 0 bridgehead atoms. The zero-order chi connectivity index (χ0) is 19.6. The number of hydrogen-bond acceptors (Lipinski definition) is 3. The van der Waals surface area contributed by atoms with E-state index in [0.29, 0.717) is 18.8 Å². The summed E-state index contributed by atoms with van der Waals surface area (Å²) < 4.78 is 5.45. The van der Waals surface area contributed by atoms with Gasteiger partial charge in [-0.15, -0.1) is 0 Å². The van der Waals surface area contributed by atoms with E-state index < -0.39 is 0 Å². The number of carbonyl (C=O) groups is 2. The number of para-hydroxylation sites is 1. The van der Waals surface area contributed by atoms with Gasteiger partial charge >= 0.3 is 6.03 Å². The molecule has 6 heteroatoms. The van der Waals surface area contributed by atoms with Crippen LogP contribution in [0.4, 0.5) is 10.5 Å². The van der Waals surface area contributed by atoms with Gasteiger partial charge in [-0.25, -0.2) is 4.79 Å². The lowest BCUT2D eigenvalue weighted by atomic mass is 10.1. The molecule has 2 aromatic carbocycles. The molecule has 6 nitrogen and oxygen atoms in total. The van der Waals surface area contributed by atoms with Crippen LogP contribution in [0.15, 0.2) is 54.6 Å². The lowest BCUT2D eigenvalue weighted by molar-refractivity contribution is -0.123. The van der Waals surface area contributed by atoms with Gasteiger partial charge in [-0.2, -0.15) is 0 Å². The summed E-state index contributed by atoms with van der Waals surface area (Å²) in [6.45, 7) is 7.08. The number of carbonyl (C=O) groups excluding carboxylic acids is 2. The summed E-state index contributed by atoms with van der Waals surface area (Å²) in [4.78, 5) is 25.8. The molecular formula is C21H27N3O3. The Morgan fingerprint density at radius 1 is 1.00 bits per heavy atom. The fourth-order valence-corrected chi connectivity index (χ4v) is 2.60. The van der Waals surface area contributed by atoms with Crippen molar-refractivity contribution in [3.05, 3.63) is 60.2 Å². The molecule has 0 saturated heterocycles. The maximum Gasteiger partial charge on any atom is 0.321 e. The molecule has 0 radical (unpaired) electrons. The van der Waals surface area contributed by atoms with Crippen LogP contribution in [-0.2, 0) is 4.79 Å². The first-order chi connectivity index (χ1) is 13.0. The number of hydrogen-bond donors (Lipinski definition) is 2. The summed E-state index contributed by atoms with van der Waals surface area (Å²) >= 11 is 0. The number of nitrogens with zero attached hydrogens (tertiary/aromatic N) is 1. The zero-order valence-corrected chi connectivity index (χ0v) is 16.1. The summed E-state index contributed by atoms with van der Waals surface area (Å²) in [5.74, 6) is 0.471. The number of urea groups is 1. The van der Waals surface area contributed by atoms with Crippen molar-refractivity contribution in [2.24, 2.45) is 0 Å². The minimum atomic E-state index is -0.190. The average molecular weight is 369 g/mol. The first kappa shape index (κ1) is 20.3. The van der Waals surface area contributed by atoms with Crippen LogP contribution < -0.4 is 15.4 Å². The van der Waals surface area contributed by atoms with E-state index in [4.69, 9.17) is 4.74 Å². The molecule has 2 aromatic rings. The van der Waals surface area contributed by atoms with Crippen molar-refractivity contribution in [1.82, 2.24) is 10.2 Å². The number of amides is 3. The number of rotatable bonds is 8. The summed E-state index contributed by atoms with van der Waals surface area (Å²) in [6, 6.07) is 16.4. The van der Waals surface area contributed by atoms with E-state index in [1.165, 1.54) is 0 Å². The normalized spacial score (nSPS) is 11.4. The van der Waals surface area contributed by atoms with E-state index in [9.17, 15) is 9.59 Å². The standard InChI is InChI=1S/C21H27N3O3/c1-4-24(5-2)21(26)23-18-13-11-17(12-14-18)16(3)22-20(25)15-27-19-9-7-6-8-10-19/h6-14,16H,4-5,15H2,1-3H3,(H,22,25)(H,23,26). The lowest BCUT2D eigenvalue weighted by Crippen LogP contribution is -2.34. The van der Waals surface area contributed by atoms with Gasteiger partial charge in [-0.1, -0.05) is 30.3 Å². The molecule has 0 aliphatic carbocycles. The maximum atomic E-state index is 12.1. The molecule has 27 heavy (non-hydrogen) atoms. The molecule has 2 rings (SSSR count). The Labute approximate surface area is 160 Å². The fraction of sp³-hybridized carbons (Fsp3) is 0.333. The van der Waals surface area contributed by atoms with Gasteiger partial charge in [0.15, 0.2) is 6.61 Å². The third kappa shape index (κ3) is 6.33. The molecule has 0 heterocycles. The van der Waals surface area contributed by atoms with Gasteiger partial charge in [0.25, 0.3) is 5.91 Å². The predicted molar refractivity (Wildman–Crippen MR) is 107 cm³/mol. The van der Waals surface area contributed by atoms with E-state index >= 15 is 0 Å². The number of nitrogens with one attached hydrogen (secondary N) is 2. The van der Waals surface area contributed by atoms with Gasteiger partial charge in [0.05, 0.1) is 6.04 Å². The van der Waals surface area contributed by atoms with Crippen molar-refractivity contribution in [3.63, 3.8) is 0 Å². The molecule has 3 amide bonds. The van der Waals surface area contributed by atoms with Gasteiger partial charge in [-0.3, -0.25) is 4.79 Å². The van der Waals surface area contributed by atoms with Crippen molar-refractivity contribution in [3.8, 4) is 5.75 Å². The van der Waals surface area contributed by atoms with Crippen LogP contribution in [0, 0.1) is 0 Å². The molecule has 0 aromatic heterocycles. The Morgan fingerprint density at radius 3 is 2.22 bits per heavy atom. The van der Waals surface area contributed by atoms with Crippen LogP contribution >= 0.6 is 0 Å². The Balaban J connectivity index is 1.84. The van der Waals surface area contributed by atoms with Crippen molar-refractivity contribution >= 4 is 17.6 Å². The second-order valence-corrected chi connectivity index (χ2v) is 6.12. The third-order valence-corrected chi connectivity index (χ3v) is 4.20. The van der Waals surface area contributed by atoms with Gasteiger partial charge in [-0.05, 0) is 50.6 Å². The van der Waals surface area contributed by atoms with Crippen LogP contribution in [-0.4, -0.2) is 36.5 Å². The Hall–Kier alpha value is -3.02.